The highest BCUT2D eigenvalue weighted by Gasteiger charge is 2.46. The maximum Gasteiger partial charge on any atom is 0.322 e. The van der Waals surface area contributed by atoms with Crippen LogP contribution in [0.2, 0.25) is 0 Å². The number of rotatable bonds is 7. The number of methoxy groups -OCH3 is 1. The normalized spacial score (nSPS) is 17.8. The van der Waals surface area contributed by atoms with Crippen molar-refractivity contribution in [1.82, 2.24) is 15.6 Å². The van der Waals surface area contributed by atoms with Gasteiger partial charge in [-0.1, -0.05) is 32.9 Å². The fourth-order valence-corrected chi connectivity index (χ4v) is 5.75. The molecule has 8 heteroatoms. The van der Waals surface area contributed by atoms with E-state index in [4.69, 9.17) is 9.84 Å². The third-order valence-electron chi connectivity index (χ3n) is 6.26. The number of aliphatic hydroxyl groups is 1. The summed E-state index contributed by atoms with van der Waals surface area (Å²) in [4.78, 5) is 27.9. The summed E-state index contributed by atoms with van der Waals surface area (Å²) in [6, 6.07) is 11.4. The number of allylic oxidation sites excluding steroid dienone is 2. The van der Waals surface area contributed by atoms with Gasteiger partial charge in [0, 0.05) is 10.4 Å². The Bertz CT molecular complexity index is 1250. The Morgan fingerprint density at radius 1 is 1.17 bits per heavy atom. The molecular weight excluding hydrogens is 461 g/mol. The second-order valence-corrected chi connectivity index (χ2v) is 9.74. The summed E-state index contributed by atoms with van der Waals surface area (Å²) in [6.07, 6.45) is 4.89. The lowest BCUT2D eigenvalue weighted by Gasteiger charge is -2.23. The van der Waals surface area contributed by atoms with Gasteiger partial charge in [0.15, 0.2) is 0 Å². The number of nitrogens with zero attached hydrogens (tertiary/aromatic N) is 1. The molecule has 1 aliphatic heterocycles. The van der Waals surface area contributed by atoms with E-state index in [2.05, 4.69) is 54.6 Å². The smallest absolute Gasteiger partial charge is 0.322 e. The van der Waals surface area contributed by atoms with Crippen molar-refractivity contribution in [2.24, 2.45) is 0 Å². The number of pyridine rings is 1. The predicted octanol–water partition coefficient (Wildman–Crippen LogP) is 5.27. The number of ether oxygens (including phenoxy) is 1. The fraction of sp³-hybridized carbons (Fsp3) is 0.370. The number of aromatic nitrogens is 1. The van der Waals surface area contributed by atoms with Crippen LogP contribution in [-0.2, 0) is 23.4 Å². The molecule has 1 aromatic carbocycles. The lowest BCUT2D eigenvalue weighted by Crippen LogP contribution is -2.42. The van der Waals surface area contributed by atoms with Crippen LogP contribution in [0.3, 0.4) is 0 Å². The molecule has 0 radical (unpaired) electrons. The van der Waals surface area contributed by atoms with Crippen LogP contribution in [0.4, 0.5) is 4.79 Å². The number of urea groups is 1. The van der Waals surface area contributed by atoms with Gasteiger partial charge in [0.1, 0.15) is 11.3 Å². The highest BCUT2D eigenvalue weighted by atomic mass is 31.0. The molecule has 3 N–H and O–H groups in total. The minimum absolute atomic E-state index is 0.115. The van der Waals surface area contributed by atoms with Gasteiger partial charge >= 0.3 is 6.03 Å². The molecule has 3 amide bonds. The van der Waals surface area contributed by atoms with Crippen LogP contribution < -0.4 is 15.4 Å². The SMILES string of the molecule is CC/C=C(\C)c1cc(OC)ccc1CC.CC[C@@]1(c2cc3nc(CO)ccc3[pH]2)NC(=O)NC1=O. The fourth-order valence-electron chi connectivity index (χ4n) is 4.26. The number of carbonyl (C=O) groups is 2. The molecule has 1 saturated heterocycles. The van der Waals surface area contributed by atoms with Gasteiger partial charge in [-0.25, -0.2) is 4.79 Å². The number of aliphatic hydroxyl groups excluding tert-OH is 1. The van der Waals surface area contributed by atoms with Gasteiger partial charge in [-0.3, -0.25) is 15.1 Å². The number of aryl methyl sites for hydroxylation is 1. The molecule has 1 unspecified atom stereocenters. The molecule has 0 aliphatic carbocycles. The summed E-state index contributed by atoms with van der Waals surface area (Å²) in [7, 11) is 2.01. The largest absolute Gasteiger partial charge is 0.497 e. The molecule has 186 valence electrons. The van der Waals surface area contributed by atoms with Crippen LogP contribution in [0.5, 0.6) is 5.75 Å². The number of imide groups is 1. The van der Waals surface area contributed by atoms with E-state index >= 15 is 0 Å². The quantitative estimate of drug-likeness (QED) is 0.388. The zero-order valence-electron chi connectivity index (χ0n) is 21.0. The minimum atomic E-state index is -0.963. The number of fused-ring (bicyclic) bond motifs is 1. The third-order valence-corrected chi connectivity index (χ3v) is 7.79. The minimum Gasteiger partial charge on any atom is -0.497 e. The monoisotopic (exact) mass is 495 g/mol. The molecule has 1 fully saturated rings. The number of carbonyl (C=O) groups excluding carboxylic acids is 2. The lowest BCUT2D eigenvalue weighted by atomic mass is 9.94. The first-order chi connectivity index (χ1) is 16.8. The summed E-state index contributed by atoms with van der Waals surface area (Å²) in [5.74, 6) is 0.630. The second-order valence-electron chi connectivity index (χ2n) is 8.42. The number of amides is 3. The van der Waals surface area contributed by atoms with Gasteiger partial charge in [0.2, 0.25) is 0 Å². The highest BCUT2D eigenvalue weighted by molar-refractivity contribution is 7.38. The molecule has 35 heavy (non-hydrogen) atoms. The third kappa shape index (κ3) is 5.58. The number of hydrogen-bond acceptors (Lipinski definition) is 5. The lowest BCUT2D eigenvalue weighted by molar-refractivity contribution is -0.124. The summed E-state index contributed by atoms with van der Waals surface area (Å²) in [5.41, 5.74) is 4.45. The van der Waals surface area contributed by atoms with E-state index in [0.29, 0.717) is 20.3 Å². The first-order valence-electron chi connectivity index (χ1n) is 11.9. The van der Waals surface area contributed by atoms with Crippen LogP contribution in [0, 0.1) is 0 Å². The van der Waals surface area contributed by atoms with Gasteiger partial charge in [0.05, 0.1) is 24.9 Å². The van der Waals surface area contributed by atoms with Crippen LogP contribution >= 0.6 is 8.19 Å². The molecule has 3 heterocycles. The maximum atomic E-state index is 12.1. The van der Waals surface area contributed by atoms with E-state index in [1.54, 1.807) is 13.2 Å². The van der Waals surface area contributed by atoms with Gasteiger partial charge < -0.3 is 15.2 Å². The molecule has 3 aromatic rings. The molecular formula is C27H34N3O4P. The average molecular weight is 496 g/mol. The van der Waals surface area contributed by atoms with Gasteiger partial charge in [-0.2, -0.15) is 0 Å². The number of nitrogens with one attached hydrogen (secondary N) is 2. The number of hydrogen-bond donors (Lipinski definition) is 3. The second kappa shape index (κ2) is 11.5. The first kappa shape index (κ1) is 26.5. The van der Waals surface area contributed by atoms with Crippen LogP contribution in [0.25, 0.3) is 16.2 Å². The molecule has 0 spiro atoms. The molecule has 2 atom stereocenters. The van der Waals surface area contributed by atoms with E-state index in [-0.39, 0.29) is 12.5 Å². The van der Waals surface area contributed by atoms with Gasteiger partial charge in [-0.15, -0.1) is 8.19 Å². The Labute approximate surface area is 208 Å². The van der Waals surface area contributed by atoms with E-state index in [0.717, 1.165) is 34.5 Å². The Kier molecular flexibility index (Phi) is 8.71. The van der Waals surface area contributed by atoms with E-state index in [9.17, 15) is 9.59 Å². The molecule has 1 aliphatic rings. The number of benzene rings is 1. The van der Waals surface area contributed by atoms with Crippen molar-refractivity contribution >= 4 is 36.3 Å². The Balaban J connectivity index is 0.000000205. The first-order valence-corrected chi connectivity index (χ1v) is 12.9. The Hall–Kier alpha value is -3.15. The summed E-state index contributed by atoms with van der Waals surface area (Å²) in [6.45, 7) is 8.26. The zero-order valence-corrected chi connectivity index (χ0v) is 22.0. The van der Waals surface area contributed by atoms with E-state index < -0.39 is 11.6 Å². The summed E-state index contributed by atoms with van der Waals surface area (Å²) in [5, 5.41) is 16.0. The van der Waals surface area contributed by atoms with Crippen molar-refractivity contribution in [3.63, 3.8) is 0 Å². The zero-order chi connectivity index (χ0) is 25.6. The van der Waals surface area contributed by atoms with Crippen LogP contribution in [0.1, 0.15) is 62.7 Å². The molecule has 0 bridgehead atoms. The Morgan fingerprint density at radius 2 is 1.94 bits per heavy atom. The molecule has 2 aromatic heterocycles. The highest BCUT2D eigenvalue weighted by Crippen LogP contribution is 2.40. The van der Waals surface area contributed by atoms with Crippen LogP contribution in [0.15, 0.2) is 42.5 Å². The van der Waals surface area contributed by atoms with Gasteiger partial charge in [-0.05, 0) is 73.2 Å². The van der Waals surface area contributed by atoms with Crippen molar-refractivity contribution in [3.8, 4) is 5.75 Å². The topological polar surface area (TPSA) is 101 Å². The summed E-state index contributed by atoms with van der Waals surface area (Å²) >= 11 is 0. The van der Waals surface area contributed by atoms with Crippen molar-refractivity contribution in [2.45, 2.75) is 59.1 Å². The van der Waals surface area contributed by atoms with Crippen molar-refractivity contribution in [1.29, 1.82) is 0 Å². The van der Waals surface area contributed by atoms with E-state index in [1.807, 2.05) is 25.1 Å². The Morgan fingerprint density at radius 3 is 2.51 bits per heavy atom. The van der Waals surface area contributed by atoms with E-state index in [1.165, 1.54) is 16.7 Å². The molecule has 0 saturated carbocycles. The molecule has 7 nitrogen and oxygen atoms in total. The predicted molar refractivity (Wildman–Crippen MR) is 142 cm³/mol. The van der Waals surface area contributed by atoms with Crippen LogP contribution in [-0.4, -0.2) is 29.1 Å². The standard InChI is InChI=1S/C14H20O.C13H14N3O3P/c1-5-7-11(3)14-10-13(15-4)9-8-12(14)6-2;1-2-13(11(18)15-12(19)16-13)10-5-8-9(20-10)4-3-7(6-17)14-8/h7-10H,5-6H2,1-4H3;3-5,17,20H,2,6H2,1H3,(H2,15,16,18,19)/b11-7+;/t;13-/m.0/s1. The van der Waals surface area contributed by atoms with Gasteiger partial charge in [0.25, 0.3) is 5.91 Å². The summed E-state index contributed by atoms with van der Waals surface area (Å²) < 4.78 is 5.26. The molecule has 4 rings (SSSR count). The maximum absolute atomic E-state index is 12.1. The van der Waals surface area contributed by atoms with Crippen molar-refractivity contribution in [2.75, 3.05) is 7.11 Å². The van der Waals surface area contributed by atoms with Crippen molar-refractivity contribution in [3.05, 3.63) is 64.6 Å². The average Bonchev–Trinajstić information content (AvgIpc) is 3.43. The van der Waals surface area contributed by atoms with Crippen molar-refractivity contribution < 1.29 is 19.4 Å².